The minimum atomic E-state index is -3.54. The smallest absolute Gasteiger partial charge is 0.241 e. The van der Waals surface area contributed by atoms with Gasteiger partial charge in [0, 0.05) is 24.7 Å². The fourth-order valence-corrected chi connectivity index (χ4v) is 4.34. The summed E-state index contributed by atoms with van der Waals surface area (Å²) in [5.74, 6) is 0. The Balaban J connectivity index is 1.86. The number of hydrogen-bond donors (Lipinski definition) is 2. The van der Waals surface area contributed by atoms with E-state index in [1.165, 1.54) is 0 Å². The van der Waals surface area contributed by atoms with Crippen molar-refractivity contribution >= 4 is 20.9 Å². The second kappa shape index (κ2) is 5.95. The third-order valence-corrected chi connectivity index (χ3v) is 5.73. The Labute approximate surface area is 131 Å². The van der Waals surface area contributed by atoms with Gasteiger partial charge in [0.2, 0.25) is 10.0 Å². The predicted molar refractivity (Wildman–Crippen MR) is 87.1 cm³/mol. The molecule has 2 aromatic rings. The van der Waals surface area contributed by atoms with Crippen LogP contribution >= 0.6 is 0 Å². The summed E-state index contributed by atoms with van der Waals surface area (Å²) in [6, 6.07) is 8.73. The molecule has 1 aliphatic heterocycles. The second-order valence-corrected chi connectivity index (χ2v) is 7.98. The Morgan fingerprint density at radius 3 is 2.95 bits per heavy atom. The molecule has 0 spiro atoms. The monoisotopic (exact) mass is 319 g/mol. The van der Waals surface area contributed by atoms with E-state index in [1.54, 1.807) is 30.5 Å². The number of pyridine rings is 1. The van der Waals surface area contributed by atoms with Crippen LogP contribution in [0.2, 0.25) is 0 Å². The van der Waals surface area contributed by atoms with E-state index in [4.69, 9.17) is 0 Å². The van der Waals surface area contributed by atoms with Gasteiger partial charge in [-0.05, 0) is 49.1 Å². The summed E-state index contributed by atoms with van der Waals surface area (Å²) < 4.78 is 28.1. The van der Waals surface area contributed by atoms with Gasteiger partial charge in [-0.3, -0.25) is 4.98 Å². The molecule has 0 radical (unpaired) electrons. The molecular formula is C16H21N3O2S. The van der Waals surface area contributed by atoms with Crippen LogP contribution in [-0.2, 0) is 10.0 Å². The number of nitrogens with zero attached hydrogens (tertiary/aromatic N) is 1. The van der Waals surface area contributed by atoms with Crippen molar-refractivity contribution < 1.29 is 8.42 Å². The highest BCUT2D eigenvalue weighted by Crippen LogP contribution is 2.26. The SMILES string of the molecule is CC1(CNS(=O)(=O)c2cccc3ncccc23)CCCNC1. The Bertz CT molecular complexity index is 763. The van der Waals surface area contributed by atoms with Crippen LogP contribution in [-0.4, -0.2) is 33.0 Å². The van der Waals surface area contributed by atoms with Crippen LogP contribution in [0, 0.1) is 5.41 Å². The highest BCUT2D eigenvalue weighted by atomic mass is 32.2. The van der Waals surface area contributed by atoms with Gasteiger partial charge in [-0.2, -0.15) is 0 Å². The number of rotatable bonds is 4. The van der Waals surface area contributed by atoms with Gasteiger partial charge in [0.1, 0.15) is 0 Å². The first-order chi connectivity index (χ1) is 10.5. The molecule has 1 aromatic carbocycles. The Kier molecular flexibility index (Phi) is 4.16. The van der Waals surface area contributed by atoms with Gasteiger partial charge in [-0.1, -0.05) is 13.0 Å². The first-order valence-electron chi connectivity index (χ1n) is 7.54. The van der Waals surface area contributed by atoms with Crippen LogP contribution in [0.3, 0.4) is 0 Å². The molecule has 1 saturated heterocycles. The van der Waals surface area contributed by atoms with Crippen molar-refractivity contribution in [3.8, 4) is 0 Å². The van der Waals surface area contributed by atoms with E-state index >= 15 is 0 Å². The summed E-state index contributed by atoms with van der Waals surface area (Å²) in [4.78, 5) is 4.51. The summed E-state index contributed by atoms with van der Waals surface area (Å²) >= 11 is 0. The van der Waals surface area contributed by atoms with Crippen molar-refractivity contribution in [2.24, 2.45) is 5.41 Å². The molecule has 0 aliphatic carbocycles. The van der Waals surface area contributed by atoms with Crippen molar-refractivity contribution in [3.63, 3.8) is 0 Å². The number of nitrogens with one attached hydrogen (secondary N) is 2. The molecule has 3 rings (SSSR count). The number of hydrogen-bond acceptors (Lipinski definition) is 4. The van der Waals surface area contributed by atoms with Gasteiger partial charge in [-0.15, -0.1) is 0 Å². The first-order valence-corrected chi connectivity index (χ1v) is 9.03. The fourth-order valence-electron chi connectivity index (χ4n) is 2.93. The van der Waals surface area contributed by atoms with Gasteiger partial charge in [0.25, 0.3) is 0 Å². The van der Waals surface area contributed by atoms with Gasteiger partial charge in [0.05, 0.1) is 10.4 Å². The van der Waals surface area contributed by atoms with Crippen molar-refractivity contribution in [1.29, 1.82) is 0 Å². The van der Waals surface area contributed by atoms with Crippen LogP contribution in [0.1, 0.15) is 19.8 Å². The molecule has 2 heterocycles. The number of aromatic nitrogens is 1. The zero-order valence-electron chi connectivity index (χ0n) is 12.7. The van der Waals surface area contributed by atoms with Crippen molar-refractivity contribution in [3.05, 3.63) is 36.5 Å². The Morgan fingerprint density at radius 2 is 2.18 bits per heavy atom. The summed E-state index contributed by atoms with van der Waals surface area (Å²) in [5.41, 5.74) is 0.657. The first kappa shape index (κ1) is 15.4. The topological polar surface area (TPSA) is 71.1 Å². The van der Waals surface area contributed by atoms with E-state index in [1.807, 2.05) is 6.07 Å². The van der Waals surface area contributed by atoms with E-state index in [-0.39, 0.29) is 5.41 Å². The van der Waals surface area contributed by atoms with Crippen LogP contribution in [0.25, 0.3) is 10.9 Å². The van der Waals surface area contributed by atoms with E-state index in [0.717, 1.165) is 25.9 Å². The fraction of sp³-hybridized carbons (Fsp3) is 0.438. The third-order valence-electron chi connectivity index (χ3n) is 4.27. The molecule has 1 aliphatic rings. The summed E-state index contributed by atoms with van der Waals surface area (Å²) in [7, 11) is -3.54. The maximum atomic E-state index is 12.7. The molecule has 5 nitrogen and oxygen atoms in total. The molecule has 1 aromatic heterocycles. The number of fused-ring (bicyclic) bond motifs is 1. The van der Waals surface area contributed by atoms with Gasteiger partial charge in [-0.25, -0.2) is 13.1 Å². The van der Waals surface area contributed by atoms with E-state index in [9.17, 15) is 8.42 Å². The predicted octanol–water partition coefficient (Wildman–Crippen LogP) is 1.90. The molecule has 0 amide bonds. The molecule has 0 saturated carbocycles. The molecule has 1 atom stereocenters. The van der Waals surface area contributed by atoms with Crippen LogP contribution in [0.5, 0.6) is 0 Å². The maximum absolute atomic E-state index is 12.7. The average molecular weight is 319 g/mol. The Morgan fingerprint density at radius 1 is 1.32 bits per heavy atom. The lowest BCUT2D eigenvalue weighted by Crippen LogP contribution is -2.45. The maximum Gasteiger partial charge on any atom is 0.241 e. The normalized spacial score (nSPS) is 22.8. The lowest BCUT2D eigenvalue weighted by Gasteiger charge is -2.34. The minimum absolute atomic E-state index is 0.0336. The Hall–Kier alpha value is -1.50. The summed E-state index contributed by atoms with van der Waals surface area (Å²) in [6.45, 7) is 4.41. The van der Waals surface area contributed by atoms with Crippen LogP contribution < -0.4 is 10.0 Å². The lowest BCUT2D eigenvalue weighted by molar-refractivity contribution is 0.238. The highest BCUT2D eigenvalue weighted by Gasteiger charge is 2.29. The van der Waals surface area contributed by atoms with E-state index < -0.39 is 10.0 Å². The molecule has 22 heavy (non-hydrogen) atoms. The van der Waals surface area contributed by atoms with Crippen molar-refractivity contribution in [2.75, 3.05) is 19.6 Å². The molecule has 1 unspecified atom stereocenters. The second-order valence-electron chi connectivity index (χ2n) is 6.24. The van der Waals surface area contributed by atoms with Crippen molar-refractivity contribution in [1.82, 2.24) is 15.0 Å². The number of benzene rings is 1. The number of sulfonamides is 1. The van der Waals surface area contributed by atoms with Crippen LogP contribution in [0.15, 0.2) is 41.4 Å². The zero-order valence-corrected chi connectivity index (χ0v) is 13.5. The zero-order chi connectivity index (χ0) is 15.6. The average Bonchev–Trinajstić information content (AvgIpc) is 2.53. The molecule has 118 valence electrons. The largest absolute Gasteiger partial charge is 0.316 e. The molecule has 6 heteroatoms. The van der Waals surface area contributed by atoms with Gasteiger partial charge >= 0.3 is 0 Å². The summed E-state index contributed by atoms with van der Waals surface area (Å²) in [5, 5.41) is 3.99. The molecule has 2 N–H and O–H groups in total. The lowest BCUT2D eigenvalue weighted by atomic mass is 9.83. The minimum Gasteiger partial charge on any atom is -0.316 e. The van der Waals surface area contributed by atoms with Gasteiger partial charge in [0.15, 0.2) is 0 Å². The molecule has 0 bridgehead atoms. The molecular weight excluding hydrogens is 298 g/mol. The standard InChI is InChI=1S/C16H21N3O2S/c1-16(8-4-9-17-11-16)12-19-22(20,21)15-7-2-6-14-13(15)5-3-10-18-14/h2-3,5-7,10,17,19H,4,8-9,11-12H2,1H3. The van der Waals surface area contributed by atoms with Gasteiger partial charge < -0.3 is 5.32 Å². The van der Waals surface area contributed by atoms with Crippen molar-refractivity contribution in [2.45, 2.75) is 24.7 Å². The molecule has 1 fully saturated rings. The highest BCUT2D eigenvalue weighted by molar-refractivity contribution is 7.89. The third kappa shape index (κ3) is 3.14. The summed E-state index contributed by atoms with van der Waals surface area (Å²) in [6.07, 6.45) is 3.77. The quantitative estimate of drug-likeness (QED) is 0.903. The van der Waals surface area contributed by atoms with Crippen LogP contribution in [0.4, 0.5) is 0 Å². The van der Waals surface area contributed by atoms with E-state index in [0.29, 0.717) is 22.3 Å². The number of piperidine rings is 1. The van der Waals surface area contributed by atoms with E-state index in [2.05, 4.69) is 21.9 Å².